The lowest BCUT2D eigenvalue weighted by Crippen LogP contribution is -2.14. The van der Waals surface area contributed by atoms with Crippen LogP contribution in [0.15, 0.2) is 346 Å². The van der Waals surface area contributed by atoms with Crippen LogP contribution in [0.1, 0.15) is 74.9 Å². The van der Waals surface area contributed by atoms with Gasteiger partial charge in [-0.15, -0.1) is 0 Å². The zero-order valence-electron chi connectivity index (χ0n) is 63.1. The first-order valence-electron chi connectivity index (χ1n) is 39.3. The molecule has 0 amide bonds. The van der Waals surface area contributed by atoms with Gasteiger partial charge < -0.3 is 13.7 Å². The van der Waals surface area contributed by atoms with Crippen LogP contribution in [0.2, 0.25) is 0 Å². The van der Waals surface area contributed by atoms with Gasteiger partial charge in [-0.2, -0.15) is 0 Å². The van der Waals surface area contributed by atoms with E-state index in [1.165, 1.54) is 132 Å². The molecule has 0 unspecified atom stereocenters. The summed E-state index contributed by atoms with van der Waals surface area (Å²) in [5.74, 6) is 0. The first-order valence-corrected chi connectivity index (χ1v) is 39.3. The fourth-order valence-electron chi connectivity index (χ4n) is 20.1. The van der Waals surface area contributed by atoms with Gasteiger partial charge in [-0.05, 0) is 221 Å². The van der Waals surface area contributed by atoms with E-state index in [9.17, 15) is 0 Å². The van der Waals surface area contributed by atoms with E-state index in [-0.39, 0.29) is 16.2 Å². The van der Waals surface area contributed by atoms with Crippen molar-refractivity contribution in [2.75, 3.05) is 0 Å². The molecule has 4 aromatic heterocycles. The highest BCUT2D eigenvalue weighted by molar-refractivity contribution is 6.14. The third-order valence-corrected chi connectivity index (χ3v) is 25.6. The molecule has 16 aromatic carbocycles. The molecule has 0 radical (unpaired) electrons. The van der Waals surface area contributed by atoms with Crippen LogP contribution >= 0.6 is 0 Å². The summed E-state index contributed by atoms with van der Waals surface area (Å²) in [6, 6.07) is 129. The minimum Gasteiger partial charge on any atom is -0.309 e. The Morgan fingerprint density at radius 1 is 0.196 bits per heavy atom. The molecule has 5 nitrogen and oxygen atoms in total. The van der Waals surface area contributed by atoms with Crippen LogP contribution in [0, 0.1) is 0 Å². The highest BCUT2D eigenvalue weighted by atomic mass is 15.0. The molecular formula is C107H75N5. The number of nitrogens with zero attached hydrogens (tertiary/aromatic N) is 5. The summed E-state index contributed by atoms with van der Waals surface area (Å²) in [6.07, 6.45) is 0. The fraction of sp³-hybridized carbons (Fsp3) is 0.0841. The van der Waals surface area contributed by atoms with Gasteiger partial charge in [-0.1, -0.05) is 272 Å². The van der Waals surface area contributed by atoms with Crippen LogP contribution in [-0.2, 0) is 16.2 Å². The van der Waals surface area contributed by atoms with Gasteiger partial charge in [-0.3, -0.25) is 0 Å². The lowest BCUT2D eigenvalue weighted by Gasteiger charge is -2.21. The minimum atomic E-state index is -0.0661. The standard InChI is InChI=1S/C107H75N5/c1-105(2)89-36-13-7-29-77(89)83-58-64(43-49-92(83)105)67-46-52-99-86(61-67)80-32-10-16-40-96(80)110(99)73-26-19-23-70(55-73)76-35-22-39-95-104(76)109-103(72-25-21-28-75(57-72)112-98-42-18-12-34-82(98)88-63-69(48-54-101(88)112)66-45-51-94-85(60-66)79-31-9-15-38-91(79)107(94,5)6)102(108-95)71-24-20-27-74(56-71)111-97-41-17-11-33-81(97)87-62-68(47-53-100(87)111)65-44-50-93-84(59-65)78-30-8-14-37-90(78)106(93,3)4/h7-63H,1-6H3. The van der Waals surface area contributed by atoms with Crippen molar-refractivity contribution in [3.8, 4) is 117 Å². The maximum absolute atomic E-state index is 6.00. The summed E-state index contributed by atoms with van der Waals surface area (Å²) < 4.78 is 7.30. The Kier molecular flexibility index (Phi) is 13.6. The van der Waals surface area contributed by atoms with Crippen molar-refractivity contribution in [2.45, 2.75) is 57.8 Å². The van der Waals surface area contributed by atoms with E-state index in [0.717, 1.165) is 94.8 Å². The molecule has 0 fully saturated rings. The van der Waals surface area contributed by atoms with Crippen LogP contribution in [0.3, 0.4) is 0 Å². The number of rotatable bonds is 9. The number of para-hydroxylation sites is 4. The van der Waals surface area contributed by atoms with Crippen molar-refractivity contribution in [2.24, 2.45) is 0 Å². The first-order chi connectivity index (χ1) is 54.8. The largest absolute Gasteiger partial charge is 0.309 e. The molecule has 4 heterocycles. The van der Waals surface area contributed by atoms with Gasteiger partial charge in [-0.25, -0.2) is 9.97 Å². The van der Waals surface area contributed by atoms with E-state index in [1.54, 1.807) is 0 Å². The van der Waals surface area contributed by atoms with Crippen molar-refractivity contribution in [3.05, 3.63) is 379 Å². The zero-order valence-corrected chi connectivity index (χ0v) is 63.1. The molecule has 0 bridgehead atoms. The van der Waals surface area contributed by atoms with Crippen LogP contribution < -0.4 is 0 Å². The Hall–Kier alpha value is -13.7. The molecule has 0 saturated carbocycles. The number of aromatic nitrogens is 5. The monoisotopic (exact) mass is 1430 g/mol. The highest BCUT2D eigenvalue weighted by Crippen LogP contribution is 2.54. The van der Waals surface area contributed by atoms with Gasteiger partial charge in [0.25, 0.3) is 0 Å². The van der Waals surface area contributed by atoms with Gasteiger partial charge >= 0.3 is 0 Å². The second-order valence-corrected chi connectivity index (χ2v) is 32.8. The molecule has 0 atom stereocenters. The average Bonchev–Trinajstić information content (AvgIpc) is 1.53. The number of hydrogen-bond donors (Lipinski definition) is 0. The maximum atomic E-state index is 6.00. The van der Waals surface area contributed by atoms with Gasteiger partial charge in [0.1, 0.15) is 0 Å². The van der Waals surface area contributed by atoms with Crippen molar-refractivity contribution in [1.82, 2.24) is 23.7 Å². The van der Waals surface area contributed by atoms with Crippen molar-refractivity contribution in [1.29, 1.82) is 0 Å². The molecule has 23 rings (SSSR count). The average molecular weight is 1430 g/mol. The van der Waals surface area contributed by atoms with Crippen LogP contribution in [0.25, 0.3) is 194 Å². The first kappa shape index (κ1) is 64.3. The Morgan fingerprint density at radius 2 is 0.491 bits per heavy atom. The topological polar surface area (TPSA) is 40.6 Å². The molecule has 0 aliphatic heterocycles. The Balaban J connectivity index is 0.672. The lowest BCUT2D eigenvalue weighted by atomic mass is 9.82. The summed E-state index contributed by atoms with van der Waals surface area (Å²) in [6.45, 7) is 14.1. The highest BCUT2D eigenvalue weighted by Gasteiger charge is 2.38. The van der Waals surface area contributed by atoms with Gasteiger partial charge in [0, 0.05) is 82.3 Å². The molecule has 20 aromatic rings. The molecule has 3 aliphatic carbocycles. The maximum Gasteiger partial charge on any atom is 0.0974 e. The predicted octanol–water partition coefficient (Wildman–Crippen LogP) is 27.8. The molecule has 528 valence electrons. The lowest BCUT2D eigenvalue weighted by molar-refractivity contribution is 0.660. The van der Waals surface area contributed by atoms with E-state index in [4.69, 9.17) is 9.97 Å². The Morgan fingerprint density at radius 3 is 0.893 bits per heavy atom. The molecule has 0 spiro atoms. The molecular weight excluding hydrogens is 1360 g/mol. The van der Waals surface area contributed by atoms with Gasteiger partial charge in [0.15, 0.2) is 0 Å². The summed E-state index contributed by atoms with van der Waals surface area (Å²) in [7, 11) is 0. The second kappa shape index (κ2) is 23.6. The van der Waals surface area contributed by atoms with Crippen molar-refractivity contribution >= 4 is 76.5 Å². The van der Waals surface area contributed by atoms with Gasteiger partial charge in [0.2, 0.25) is 0 Å². The Bertz CT molecular complexity index is 7490. The van der Waals surface area contributed by atoms with Crippen LogP contribution in [0.5, 0.6) is 0 Å². The minimum absolute atomic E-state index is 0.0566. The van der Waals surface area contributed by atoms with Crippen LogP contribution in [-0.4, -0.2) is 23.7 Å². The third kappa shape index (κ3) is 9.31. The molecule has 5 heteroatoms. The van der Waals surface area contributed by atoms with Gasteiger partial charge in [0.05, 0.1) is 55.5 Å². The van der Waals surface area contributed by atoms with Crippen molar-refractivity contribution in [3.63, 3.8) is 0 Å². The number of fused-ring (bicyclic) bond motifs is 19. The smallest absolute Gasteiger partial charge is 0.0974 e. The van der Waals surface area contributed by atoms with E-state index >= 15 is 0 Å². The summed E-state index contributed by atoms with van der Waals surface area (Å²) in [4.78, 5) is 11.9. The molecule has 0 saturated heterocycles. The quantitative estimate of drug-likeness (QED) is 0.144. The molecule has 0 N–H and O–H groups in total. The summed E-state index contributed by atoms with van der Waals surface area (Å²) in [5.41, 5.74) is 40.5. The number of hydrogen-bond acceptors (Lipinski definition) is 2. The fourth-order valence-corrected chi connectivity index (χ4v) is 20.1. The second-order valence-electron chi connectivity index (χ2n) is 32.8. The summed E-state index contributed by atoms with van der Waals surface area (Å²) >= 11 is 0. The van der Waals surface area contributed by atoms with E-state index in [0.29, 0.717) is 0 Å². The van der Waals surface area contributed by atoms with E-state index in [1.807, 2.05) is 0 Å². The SMILES string of the molecule is CC1(C)c2ccccc2-c2cc(-c3ccc4c(c3)c3ccccc3n4-c3cccc(-c4nc5cccc(-c6cccc(-n7c8ccccc8c8cc(-c9ccc%10c(c9)-c9ccccc9C%10(C)C)ccc87)c6)c5nc4-c4cccc(-n5c6ccccc6c6cc(-c7ccc8c(c7)-c7ccccc7C8(C)C)ccc65)c4)c3)ccc21. The summed E-state index contributed by atoms with van der Waals surface area (Å²) in [5, 5.41) is 7.22. The van der Waals surface area contributed by atoms with Crippen LogP contribution in [0.4, 0.5) is 0 Å². The molecule has 3 aliphatic rings. The van der Waals surface area contributed by atoms with Crippen molar-refractivity contribution < 1.29 is 0 Å². The van der Waals surface area contributed by atoms with E-state index < -0.39 is 0 Å². The van der Waals surface area contributed by atoms with E-state index in [2.05, 4.69) is 401 Å². The zero-order chi connectivity index (χ0) is 74.6. The number of benzene rings is 16. The normalized spacial score (nSPS) is 14.0. The predicted molar refractivity (Wildman–Crippen MR) is 468 cm³/mol. The Labute approximate surface area is 650 Å². The molecule has 112 heavy (non-hydrogen) atoms. The third-order valence-electron chi connectivity index (χ3n) is 25.6.